The number of ether oxygens (including phenoxy) is 2. The first-order valence-electron chi connectivity index (χ1n) is 10.2. The van der Waals surface area contributed by atoms with Crippen LogP contribution in [0.1, 0.15) is 69.7 Å². The SMILES string of the molecule is CC(C)(C)OC(=O)N(CC1CCCCC1)c1cccc(C(=O)CCOC(N)=O)c1. The lowest BCUT2D eigenvalue weighted by Crippen LogP contribution is -2.40. The third-order valence-corrected chi connectivity index (χ3v) is 4.83. The predicted octanol–water partition coefficient (Wildman–Crippen LogP) is 4.68. The van der Waals surface area contributed by atoms with Crippen LogP contribution in [0.2, 0.25) is 0 Å². The highest BCUT2D eigenvalue weighted by Crippen LogP contribution is 2.28. The maximum atomic E-state index is 12.9. The van der Waals surface area contributed by atoms with Crippen molar-refractivity contribution >= 4 is 23.7 Å². The van der Waals surface area contributed by atoms with Crippen LogP contribution in [0.4, 0.5) is 15.3 Å². The highest BCUT2D eigenvalue weighted by molar-refractivity contribution is 5.98. The molecular weight excluding hydrogens is 372 g/mol. The fraction of sp³-hybridized carbons (Fsp3) is 0.591. The zero-order valence-electron chi connectivity index (χ0n) is 17.6. The first kappa shape index (κ1) is 22.7. The van der Waals surface area contributed by atoms with Crippen LogP contribution in [0.3, 0.4) is 0 Å². The van der Waals surface area contributed by atoms with Crippen molar-refractivity contribution in [3.8, 4) is 0 Å². The minimum absolute atomic E-state index is 0.0292. The second kappa shape index (κ2) is 10.3. The van der Waals surface area contributed by atoms with Crippen LogP contribution in [0, 0.1) is 5.92 Å². The topological polar surface area (TPSA) is 98.9 Å². The lowest BCUT2D eigenvalue weighted by molar-refractivity contribution is 0.0571. The van der Waals surface area contributed by atoms with Gasteiger partial charge < -0.3 is 15.2 Å². The van der Waals surface area contributed by atoms with Crippen molar-refractivity contribution in [3.05, 3.63) is 29.8 Å². The van der Waals surface area contributed by atoms with Gasteiger partial charge in [0, 0.05) is 24.2 Å². The second-order valence-corrected chi connectivity index (χ2v) is 8.49. The van der Waals surface area contributed by atoms with Crippen LogP contribution in [0.25, 0.3) is 0 Å². The third-order valence-electron chi connectivity index (χ3n) is 4.83. The molecule has 0 bridgehead atoms. The van der Waals surface area contributed by atoms with Gasteiger partial charge in [-0.15, -0.1) is 0 Å². The van der Waals surface area contributed by atoms with Crippen LogP contribution >= 0.6 is 0 Å². The Hall–Kier alpha value is -2.57. The molecule has 0 heterocycles. The molecule has 7 heteroatoms. The summed E-state index contributed by atoms with van der Waals surface area (Å²) in [4.78, 5) is 37.6. The number of ketones is 1. The van der Waals surface area contributed by atoms with E-state index in [2.05, 4.69) is 4.74 Å². The number of nitrogens with two attached hydrogens (primary N) is 1. The van der Waals surface area contributed by atoms with Crippen LogP contribution in [0.15, 0.2) is 24.3 Å². The van der Waals surface area contributed by atoms with E-state index >= 15 is 0 Å². The standard InChI is InChI=1S/C22H32N2O5/c1-22(2,3)29-21(27)24(15-16-8-5-4-6-9-16)18-11-7-10-17(14-18)19(25)12-13-28-20(23)26/h7,10-11,14,16H,4-6,8-9,12-13,15H2,1-3H3,(H2,23,26). The molecular formula is C22H32N2O5. The summed E-state index contributed by atoms with van der Waals surface area (Å²) < 4.78 is 10.3. The number of hydrogen-bond donors (Lipinski definition) is 1. The summed E-state index contributed by atoms with van der Waals surface area (Å²) in [5.41, 5.74) is 5.40. The van der Waals surface area contributed by atoms with E-state index in [0.29, 0.717) is 23.7 Å². The molecule has 2 N–H and O–H groups in total. The van der Waals surface area contributed by atoms with E-state index in [1.807, 2.05) is 26.8 Å². The molecule has 2 rings (SSSR count). The molecule has 160 valence electrons. The van der Waals surface area contributed by atoms with Gasteiger partial charge in [-0.1, -0.05) is 31.4 Å². The molecule has 0 unspecified atom stereocenters. The fourth-order valence-corrected chi connectivity index (χ4v) is 3.47. The van der Waals surface area contributed by atoms with Crippen molar-refractivity contribution in [2.45, 2.75) is 64.9 Å². The number of amides is 2. The molecule has 1 aliphatic carbocycles. The molecule has 1 aromatic carbocycles. The first-order valence-corrected chi connectivity index (χ1v) is 10.2. The summed E-state index contributed by atoms with van der Waals surface area (Å²) in [6, 6.07) is 6.93. The molecule has 2 amide bonds. The number of nitrogens with zero attached hydrogens (tertiary/aromatic N) is 1. The average Bonchev–Trinajstić information content (AvgIpc) is 2.65. The predicted molar refractivity (Wildman–Crippen MR) is 111 cm³/mol. The molecule has 29 heavy (non-hydrogen) atoms. The highest BCUT2D eigenvalue weighted by Gasteiger charge is 2.27. The smallest absolute Gasteiger partial charge is 0.414 e. The minimum Gasteiger partial charge on any atom is -0.449 e. The first-order chi connectivity index (χ1) is 13.7. The molecule has 0 aromatic heterocycles. The Labute approximate surface area is 172 Å². The Bertz CT molecular complexity index is 720. The number of rotatable bonds is 7. The van der Waals surface area contributed by atoms with Crippen molar-refractivity contribution in [2.24, 2.45) is 11.7 Å². The van der Waals surface area contributed by atoms with Gasteiger partial charge in [0.2, 0.25) is 0 Å². The quantitative estimate of drug-likeness (QED) is 0.666. The molecule has 1 fully saturated rings. The van der Waals surface area contributed by atoms with Crippen molar-refractivity contribution < 1.29 is 23.9 Å². The average molecular weight is 405 g/mol. The zero-order chi connectivity index (χ0) is 21.4. The maximum absolute atomic E-state index is 12.9. The second-order valence-electron chi connectivity index (χ2n) is 8.49. The summed E-state index contributed by atoms with van der Waals surface area (Å²) in [5, 5.41) is 0. The van der Waals surface area contributed by atoms with Gasteiger partial charge in [-0.25, -0.2) is 9.59 Å². The highest BCUT2D eigenvalue weighted by atomic mass is 16.6. The molecule has 0 spiro atoms. The van der Waals surface area contributed by atoms with E-state index in [4.69, 9.17) is 10.5 Å². The Kier molecular flexibility index (Phi) is 8.05. The van der Waals surface area contributed by atoms with Gasteiger partial charge in [-0.3, -0.25) is 9.69 Å². The Morgan fingerprint density at radius 2 is 1.83 bits per heavy atom. The molecule has 0 aliphatic heterocycles. The van der Waals surface area contributed by atoms with Gasteiger partial charge in [0.15, 0.2) is 5.78 Å². The van der Waals surface area contributed by atoms with Crippen molar-refractivity contribution in [1.29, 1.82) is 0 Å². The van der Waals surface area contributed by atoms with E-state index in [-0.39, 0.29) is 18.8 Å². The minimum atomic E-state index is -0.907. The molecule has 0 radical (unpaired) electrons. The van der Waals surface area contributed by atoms with E-state index < -0.39 is 17.8 Å². The van der Waals surface area contributed by atoms with Crippen molar-refractivity contribution in [1.82, 2.24) is 0 Å². The van der Waals surface area contributed by atoms with Crippen molar-refractivity contribution in [3.63, 3.8) is 0 Å². The number of carbonyl (C=O) groups is 3. The van der Waals surface area contributed by atoms with Gasteiger partial charge in [-0.05, 0) is 51.7 Å². The van der Waals surface area contributed by atoms with Gasteiger partial charge in [-0.2, -0.15) is 0 Å². The molecule has 1 saturated carbocycles. The number of carbonyl (C=O) groups excluding carboxylic acids is 3. The van der Waals surface area contributed by atoms with Gasteiger partial charge in [0.1, 0.15) is 12.2 Å². The largest absolute Gasteiger partial charge is 0.449 e. The molecule has 7 nitrogen and oxygen atoms in total. The van der Waals surface area contributed by atoms with Gasteiger partial charge in [0.25, 0.3) is 0 Å². The number of primary amides is 1. The summed E-state index contributed by atoms with van der Waals surface area (Å²) in [7, 11) is 0. The normalized spacial score (nSPS) is 14.9. The molecule has 1 aliphatic rings. The number of Topliss-reactive ketones (excluding diaryl/α,β-unsaturated/α-hetero) is 1. The van der Waals surface area contributed by atoms with Crippen LogP contribution < -0.4 is 10.6 Å². The summed E-state index contributed by atoms with van der Waals surface area (Å²) in [6.07, 6.45) is 4.46. The summed E-state index contributed by atoms with van der Waals surface area (Å²) >= 11 is 0. The fourth-order valence-electron chi connectivity index (χ4n) is 3.47. The van der Waals surface area contributed by atoms with E-state index in [1.54, 1.807) is 23.1 Å². The summed E-state index contributed by atoms with van der Waals surface area (Å²) in [5.74, 6) is 0.231. The monoisotopic (exact) mass is 404 g/mol. The number of hydrogen-bond acceptors (Lipinski definition) is 5. The number of benzene rings is 1. The zero-order valence-corrected chi connectivity index (χ0v) is 17.6. The molecule has 0 saturated heterocycles. The lowest BCUT2D eigenvalue weighted by atomic mass is 9.89. The molecule has 1 aromatic rings. The van der Waals surface area contributed by atoms with Gasteiger partial charge in [0.05, 0.1) is 0 Å². The third kappa shape index (κ3) is 7.75. The van der Waals surface area contributed by atoms with Gasteiger partial charge >= 0.3 is 12.2 Å². The van der Waals surface area contributed by atoms with E-state index in [9.17, 15) is 14.4 Å². The van der Waals surface area contributed by atoms with Crippen molar-refractivity contribution in [2.75, 3.05) is 18.1 Å². The van der Waals surface area contributed by atoms with Crippen LogP contribution in [0.5, 0.6) is 0 Å². The Morgan fingerprint density at radius 3 is 2.45 bits per heavy atom. The van der Waals surface area contributed by atoms with E-state index in [1.165, 1.54) is 19.3 Å². The molecule has 0 atom stereocenters. The Morgan fingerprint density at radius 1 is 1.14 bits per heavy atom. The van der Waals surface area contributed by atoms with E-state index in [0.717, 1.165) is 12.8 Å². The lowest BCUT2D eigenvalue weighted by Gasteiger charge is -2.32. The summed E-state index contributed by atoms with van der Waals surface area (Å²) in [6.45, 7) is 6.00. The maximum Gasteiger partial charge on any atom is 0.414 e. The Balaban J connectivity index is 2.18. The number of anilines is 1. The van der Waals surface area contributed by atoms with Crippen LogP contribution in [-0.2, 0) is 9.47 Å². The van der Waals surface area contributed by atoms with Crippen LogP contribution in [-0.4, -0.2) is 36.7 Å².